The van der Waals surface area contributed by atoms with Gasteiger partial charge in [-0.15, -0.1) is 5.10 Å². The van der Waals surface area contributed by atoms with Crippen LogP contribution < -0.4 is 15.4 Å². The molecule has 0 aliphatic carbocycles. The van der Waals surface area contributed by atoms with Gasteiger partial charge in [0.05, 0.1) is 24.1 Å². The monoisotopic (exact) mass is 355 g/mol. The molecule has 3 rings (SSSR count). The van der Waals surface area contributed by atoms with Crippen molar-refractivity contribution in [1.82, 2.24) is 20.5 Å². The van der Waals surface area contributed by atoms with Crippen LogP contribution in [0.2, 0.25) is 0 Å². The summed E-state index contributed by atoms with van der Waals surface area (Å²) in [6.07, 6.45) is 0. The third kappa shape index (κ3) is 3.41. The van der Waals surface area contributed by atoms with Crippen molar-refractivity contribution in [2.45, 2.75) is 13.0 Å². The first kappa shape index (κ1) is 17.2. The molecule has 9 heteroatoms. The van der Waals surface area contributed by atoms with Crippen molar-refractivity contribution >= 4 is 28.7 Å². The van der Waals surface area contributed by atoms with Gasteiger partial charge in [-0.05, 0) is 12.5 Å². The molecular weight excluding hydrogens is 338 g/mol. The van der Waals surface area contributed by atoms with Gasteiger partial charge in [-0.2, -0.15) is 0 Å². The molecule has 1 atom stereocenters. The van der Waals surface area contributed by atoms with E-state index in [2.05, 4.69) is 25.8 Å². The summed E-state index contributed by atoms with van der Waals surface area (Å²) in [7, 11) is 1.38. The number of ether oxygens (including phenoxy) is 1. The molecule has 0 saturated heterocycles. The van der Waals surface area contributed by atoms with Crippen LogP contribution in [0.25, 0.3) is 10.9 Å². The van der Waals surface area contributed by atoms with Gasteiger partial charge < -0.3 is 15.2 Å². The maximum Gasteiger partial charge on any atom is 0.355 e. The molecule has 2 amide bonds. The van der Waals surface area contributed by atoms with Gasteiger partial charge in [0.25, 0.3) is 0 Å². The number of hydrogen-bond donors (Lipinski definition) is 4. The number of nitrogens with one attached hydrogen (secondary N) is 3. The van der Waals surface area contributed by atoms with Crippen LogP contribution in [0, 0.1) is 0 Å². The predicted octanol–water partition coefficient (Wildman–Crippen LogP) is 2.55. The minimum Gasteiger partial charge on any atom is -0.479 e. The Morgan fingerprint density at radius 2 is 2.00 bits per heavy atom. The highest BCUT2D eigenvalue weighted by Crippen LogP contribution is 2.27. The molecule has 0 aliphatic rings. The molecule has 2 aromatic heterocycles. The van der Waals surface area contributed by atoms with E-state index in [1.165, 1.54) is 13.2 Å². The predicted molar refractivity (Wildman–Crippen MR) is 94.4 cm³/mol. The number of pyridine rings is 1. The van der Waals surface area contributed by atoms with Crippen LogP contribution in [0.5, 0.6) is 5.88 Å². The average Bonchev–Trinajstić information content (AvgIpc) is 3.04. The third-order valence-corrected chi connectivity index (χ3v) is 3.80. The van der Waals surface area contributed by atoms with Crippen molar-refractivity contribution in [3.63, 3.8) is 0 Å². The second-order valence-electron chi connectivity index (χ2n) is 5.55. The van der Waals surface area contributed by atoms with E-state index < -0.39 is 12.0 Å². The Labute approximate surface area is 148 Å². The fourth-order valence-electron chi connectivity index (χ4n) is 2.56. The molecule has 3 aromatic rings. The van der Waals surface area contributed by atoms with E-state index in [-0.39, 0.29) is 28.8 Å². The van der Waals surface area contributed by atoms with Gasteiger partial charge in [0, 0.05) is 6.07 Å². The third-order valence-electron chi connectivity index (χ3n) is 3.80. The highest BCUT2D eigenvalue weighted by atomic mass is 16.5. The van der Waals surface area contributed by atoms with Crippen molar-refractivity contribution in [1.29, 1.82) is 0 Å². The number of methoxy groups -OCH3 is 1. The Bertz CT molecular complexity index is 954. The Balaban J connectivity index is 1.82. The first-order chi connectivity index (χ1) is 12.5. The zero-order valence-corrected chi connectivity index (χ0v) is 14.1. The molecule has 0 saturated carbocycles. The highest BCUT2D eigenvalue weighted by molar-refractivity contribution is 6.04. The van der Waals surface area contributed by atoms with E-state index in [4.69, 9.17) is 4.74 Å². The van der Waals surface area contributed by atoms with Crippen LogP contribution in [0.1, 0.15) is 29.0 Å². The first-order valence-corrected chi connectivity index (χ1v) is 7.78. The number of rotatable bonds is 5. The van der Waals surface area contributed by atoms with Crippen molar-refractivity contribution in [2.24, 2.45) is 0 Å². The summed E-state index contributed by atoms with van der Waals surface area (Å²) >= 11 is 0. The van der Waals surface area contributed by atoms with Gasteiger partial charge in [0.2, 0.25) is 5.88 Å². The molecule has 0 bridgehead atoms. The fraction of sp³-hybridized carbons (Fsp3) is 0.176. The quantitative estimate of drug-likeness (QED) is 0.556. The van der Waals surface area contributed by atoms with Crippen molar-refractivity contribution in [2.75, 3.05) is 12.4 Å². The number of fused-ring (bicyclic) bond motifs is 1. The highest BCUT2D eigenvalue weighted by Gasteiger charge is 2.20. The number of anilines is 1. The SMILES string of the molecule is COc1n[nH]c2cc(NC(=O)N[C@H](C)c3ccccc3)nc(C(=O)O)c12. The zero-order chi connectivity index (χ0) is 18.7. The molecule has 134 valence electrons. The molecule has 0 fully saturated rings. The van der Waals surface area contributed by atoms with E-state index in [0.29, 0.717) is 5.52 Å². The lowest BCUT2D eigenvalue weighted by molar-refractivity contribution is 0.0692. The number of H-pyrrole nitrogens is 1. The number of carboxylic acid groups (broad SMARTS) is 1. The summed E-state index contributed by atoms with van der Waals surface area (Å²) in [6, 6.07) is 10.2. The number of nitrogens with zero attached hydrogens (tertiary/aromatic N) is 2. The van der Waals surface area contributed by atoms with E-state index in [1.54, 1.807) is 0 Å². The minimum atomic E-state index is -1.25. The maximum atomic E-state index is 12.2. The number of aromatic amines is 1. The number of hydrogen-bond acceptors (Lipinski definition) is 5. The number of aromatic carboxylic acids is 1. The van der Waals surface area contributed by atoms with Crippen LogP contribution in [0.15, 0.2) is 36.4 Å². The molecular formula is C17H17N5O4. The standard InChI is InChI=1S/C17H17N5O4/c1-9(10-6-4-3-5-7-10)18-17(25)20-12-8-11-13(14(19-12)16(23)24)15(26-2)22-21-11/h3-9H,1-2H3,(H,21,22)(H,23,24)(H2,18,19,20,25)/t9-/m1/s1. The van der Waals surface area contributed by atoms with Crippen LogP contribution in [-0.4, -0.2) is 39.4 Å². The topological polar surface area (TPSA) is 129 Å². The van der Waals surface area contributed by atoms with E-state index in [0.717, 1.165) is 5.56 Å². The Kier molecular flexibility index (Phi) is 4.70. The second-order valence-corrected chi connectivity index (χ2v) is 5.55. The summed E-state index contributed by atoms with van der Waals surface area (Å²) in [5, 5.41) is 21.5. The summed E-state index contributed by atoms with van der Waals surface area (Å²) in [4.78, 5) is 27.7. The Morgan fingerprint density at radius 3 is 2.65 bits per heavy atom. The lowest BCUT2D eigenvalue weighted by Gasteiger charge is -2.15. The number of amides is 2. The number of carboxylic acids is 1. The first-order valence-electron chi connectivity index (χ1n) is 7.78. The van der Waals surface area contributed by atoms with Crippen LogP contribution in [0.3, 0.4) is 0 Å². The van der Waals surface area contributed by atoms with Gasteiger partial charge in [-0.3, -0.25) is 10.4 Å². The summed E-state index contributed by atoms with van der Waals surface area (Å²) < 4.78 is 5.04. The molecule has 0 unspecified atom stereocenters. The molecule has 26 heavy (non-hydrogen) atoms. The maximum absolute atomic E-state index is 12.2. The minimum absolute atomic E-state index is 0.0824. The largest absolute Gasteiger partial charge is 0.479 e. The van der Waals surface area contributed by atoms with Crippen molar-refractivity contribution in [3.8, 4) is 5.88 Å². The average molecular weight is 355 g/mol. The molecule has 0 aliphatic heterocycles. The van der Waals surface area contributed by atoms with Crippen molar-refractivity contribution < 1.29 is 19.4 Å². The Morgan fingerprint density at radius 1 is 1.27 bits per heavy atom. The van der Waals surface area contributed by atoms with Crippen LogP contribution in [0.4, 0.5) is 10.6 Å². The van der Waals surface area contributed by atoms with Gasteiger partial charge >= 0.3 is 12.0 Å². The number of urea groups is 1. The number of aromatic nitrogens is 3. The van der Waals surface area contributed by atoms with Crippen molar-refractivity contribution in [3.05, 3.63) is 47.7 Å². The Hall–Kier alpha value is -3.62. The smallest absolute Gasteiger partial charge is 0.355 e. The normalized spacial score (nSPS) is 11.8. The van der Waals surface area contributed by atoms with Crippen LogP contribution in [-0.2, 0) is 0 Å². The zero-order valence-electron chi connectivity index (χ0n) is 14.1. The van der Waals surface area contributed by atoms with E-state index in [1.807, 2.05) is 37.3 Å². The molecule has 4 N–H and O–H groups in total. The number of benzene rings is 1. The summed E-state index contributed by atoms with van der Waals surface area (Å²) in [5.74, 6) is -1.05. The fourth-order valence-corrected chi connectivity index (χ4v) is 2.56. The summed E-state index contributed by atoms with van der Waals surface area (Å²) in [6.45, 7) is 1.84. The number of carbonyl (C=O) groups is 2. The van der Waals surface area contributed by atoms with Gasteiger partial charge in [-0.25, -0.2) is 14.6 Å². The van der Waals surface area contributed by atoms with Gasteiger partial charge in [0.1, 0.15) is 5.82 Å². The van der Waals surface area contributed by atoms with E-state index >= 15 is 0 Å². The van der Waals surface area contributed by atoms with Crippen LogP contribution >= 0.6 is 0 Å². The lowest BCUT2D eigenvalue weighted by Crippen LogP contribution is -2.31. The molecule has 9 nitrogen and oxygen atoms in total. The number of carbonyl (C=O) groups excluding carboxylic acids is 1. The summed E-state index contributed by atoms with van der Waals surface area (Å²) in [5.41, 5.74) is 1.07. The van der Waals surface area contributed by atoms with Gasteiger partial charge in [-0.1, -0.05) is 30.3 Å². The molecule has 0 radical (unpaired) electrons. The lowest BCUT2D eigenvalue weighted by atomic mass is 10.1. The second kappa shape index (κ2) is 7.09. The van der Waals surface area contributed by atoms with Gasteiger partial charge in [0.15, 0.2) is 5.69 Å². The molecule has 2 heterocycles. The molecule has 1 aromatic carbocycles. The molecule has 0 spiro atoms. The van der Waals surface area contributed by atoms with E-state index in [9.17, 15) is 14.7 Å².